The number of aromatic nitrogens is 3. The molecule has 0 saturated carbocycles. The molecule has 2 heterocycles. The van der Waals surface area contributed by atoms with Crippen LogP contribution in [0.1, 0.15) is 17.5 Å². The predicted octanol–water partition coefficient (Wildman–Crippen LogP) is 1.41. The summed E-state index contributed by atoms with van der Waals surface area (Å²) in [4.78, 5) is 2.38. The highest BCUT2D eigenvalue weighted by Gasteiger charge is 2.25. The van der Waals surface area contributed by atoms with Gasteiger partial charge in [-0.1, -0.05) is 12.1 Å². The Morgan fingerprint density at radius 2 is 2.08 bits per heavy atom. The van der Waals surface area contributed by atoms with Crippen LogP contribution in [0.2, 0.25) is 0 Å². The molecule has 0 aliphatic carbocycles. The molecule has 0 bridgehead atoms. The Hall–Kier alpha value is -1.96. The van der Waals surface area contributed by atoms with Crippen molar-refractivity contribution in [3.8, 4) is 5.75 Å². The smallest absolute Gasteiger partial charge is 0.163 e. The Morgan fingerprint density at radius 3 is 2.79 bits per heavy atom. The molecule has 1 aliphatic heterocycles. The maximum Gasteiger partial charge on any atom is 0.163 e. The van der Waals surface area contributed by atoms with Crippen LogP contribution in [-0.4, -0.2) is 59.7 Å². The Balaban J connectivity index is 1.54. The SMILES string of the molecule is COCCOc1ccc(CN2CCOC(c3nncn3C)C2)cc1. The van der Waals surface area contributed by atoms with Crippen molar-refractivity contribution < 1.29 is 14.2 Å². The molecule has 1 fully saturated rings. The van der Waals surface area contributed by atoms with Gasteiger partial charge in [0, 0.05) is 33.8 Å². The molecule has 1 saturated heterocycles. The van der Waals surface area contributed by atoms with Crippen molar-refractivity contribution in [2.75, 3.05) is 40.0 Å². The average Bonchev–Trinajstić information content (AvgIpc) is 3.03. The largest absolute Gasteiger partial charge is 0.491 e. The van der Waals surface area contributed by atoms with Gasteiger partial charge < -0.3 is 18.8 Å². The summed E-state index contributed by atoms with van der Waals surface area (Å²) in [7, 11) is 3.61. The van der Waals surface area contributed by atoms with Crippen molar-refractivity contribution in [3.63, 3.8) is 0 Å². The zero-order valence-corrected chi connectivity index (χ0v) is 14.2. The molecule has 1 aliphatic rings. The molecule has 0 N–H and O–H groups in total. The van der Waals surface area contributed by atoms with E-state index in [2.05, 4.69) is 27.2 Å². The second-order valence-corrected chi connectivity index (χ2v) is 5.88. The van der Waals surface area contributed by atoms with E-state index in [1.165, 1.54) is 5.56 Å². The fraction of sp³-hybridized carbons (Fsp3) is 0.529. The van der Waals surface area contributed by atoms with Crippen LogP contribution in [0.3, 0.4) is 0 Å². The third-order valence-electron chi connectivity index (χ3n) is 4.07. The van der Waals surface area contributed by atoms with Crippen LogP contribution in [-0.2, 0) is 23.1 Å². The van der Waals surface area contributed by atoms with Crippen molar-refractivity contribution in [2.24, 2.45) is 7.05 Å². The van der Waals surface area contributed by atoms with Crippen LogP contribution in [0.4, 0.5) is 0 Å². The summed E-state index contributed by atoms with van der Waals surface area (Å²) in [6.45, 7) is 4.49. The van der Waals surface area contributed by atoms with Crippen LogP contribution in [0.15, 0.2) is 30.6 Å². The molecule has 1 atom stereocenters. The van der Waals surface area contributed by atoms with Gasteiger partial charge in [0.25, 0.3) is 0 Å². The highest BCUT2D eigenvalue weighted by atomic mass is 16.5. The van der Waals surface area contributed by atoms with E-state index in [1.807, 2.05) is 23.7 Å². The fourth-order valence-electron chi connectivity index (χ4n) is 2.78. The first kappa shape index (κ1) is 16.9. The van der Waals surface area contributed by atoms with E-state index in [0.717, 1.165) is 31.2 Å². The van der Waals surface area contributed by atoms with E-state index in [-0.39, 0.29) is 6.10 Å². The highest BCUT2D eigenvalue weighted by Crippen LogP contribution is 2.22. The van der Waals surface area contributed by atoms with Gasteiger partial charge in [-0.15, -0.1) is 10.2 Å². The molecule has 0 spiro atoms. The quantitative estimate of drug-likeness (QED) is 0.715. The predicted molar refractivity (Wildman–Crippen MR) is 88.8 cm³/mol. The highest BCUT2D eigenvalue weighted by molar-refractivity contribution is 5.27. The first-order chi connectivity index (χ1) is 11.8. The standard InChI is InChI=1S/C17H24N4O3/c1-20-13-18-19-17(20)16-12-21(7-8-24-16)11-14-3-5-15(6-4-14)23-10-9-22-2/h3-6,13,16H,7-12H2,1-2H3. The summed E-state index contributed by atoms with van der Waals surface area (Å²) in [6.07, 6.45) is 1.68. The van der Waals surface area contributed by atoms with Gasteiger partial charge in [0.2, 0.25) is 0 Å². The van der Waals surface area contributed by atoms with E-state index in [9.17, 15) is 0 Å². The summed E-state index contributed by atoms with van der Waals surface area (Å²) < 4.78 is 18.3. The number of benzene rings is 1. The van der Waals surface area contributed by atoms with E-state index in [1.54, 1.807) is 13.4 Å². The molecule has 7 heteroatoms. The Morgan fingerprint density at radius 1 is 1.25 bits per heavy atom. The average molecular weight is 332 g/mol. The summed E-state index contributed by atoms with van der Waals surface area (Å²) in [5.41, 5.74) is 1.26. The number of aryl methyl sites for hydroxylation is 1. The van der Waals surface area contributed by atoms with Gasteiger partial charge in [-0.2, -0.15) is 0 Å². The molecular weight excluding hydrogens is 308 g/mol. The zero-order valence-electron chi connectivity index (χ0n) is 14.2. The first-order valence-corrected chi connectivity index (χ1v) is 8.15. The number of methoxy groups -OCH3 is 1. The summed E-state index contributed by atoms with van der Waals surface area (Å²) in [5, 5.41) is 8.10. The number of ether oxygens (including phenoxy) is 3. The lowest BCUT2D eigenvalue weighted by Gasteiger charge is -2.32. The first-order valence-electron chi connectivity index (χ1n) is 8.15. The lowest BCUT2D eigenvalue weighted by Crippen LogP contribution is -2.38. The third kappa shape index (κ3) is 4.31. The summed E-state index contributed by atoms with van der Waals surface area (Å²) >= 11 is 0. The minimum Gasteiger partial charge on any atom is -0.491 e. The van der Waals surface area contributed by atoms with Gasteiger partial charge in [0.1, 0.15) is 24.8 Å². The lowest BCUT2D eigenvalue weighted by molar-refractivity contribution is -0.0385. The molecule has 1 aromatic carbocycles. The van der Waals surface area contributed by atoms with Gasteiger partial charge in [-0.3, -0.25) is 4.90 Å². The Bertz CT molecular complexity index is 629. The Kier molecular flexibility index (Phi) is 5.79. The van der Waals surface area contributed by atoms with Gasteiger partial charge in [0.15, 0.2) is 5.82 Å². The second kappa shape index (κ2) is 8.23. The second-order valence-electron chi connectivity index (χ2n) is 5.88. The van der Waals surface area contributed by atoms with Gasteiger partial charge >= 0.3 is 0 Å². The number of rotatable bonds is 7. The van der Waals surface area contributed by atoms with Crippen LogP contribution >= 0.6 is 0 Å². The monoisotopic (exact) mass is 332 g/mol. The van der Waals surface area contributed by atoms with E-state index in [0.29, 0.717) is 19.8 Å². The number of hydrogen-bond donors (Lipinski definition) is 0. The third-order valence-corrected chi connectivity index (χ3v) is 4.07. The minimum absolute atomic E-state index is 0.0251. The van der Waals surface area contributed by atoms with E-state index >= 15 is 0 Å². The van der Waals surface area contributed by atoms with Crippen LogP contribution < -0.4 is 4.74 Å². The molecule has 2 aromatic rings. The fourth-order valence-corrected chi connectivity index (χ4v) is 2.78. The van der Waals surface area contributed by atoms with E-state index in [4.69, 9.17) is 14.2 Å². The van der Waals surface area contributed by atoms with Crippen molar-refractivity contribution in [3.05, 3.63) is 42.0 Å². The molecule has 3 rings (SSSR count). The molecule has 0 radical (unpaired) electrons. The van der Waals surface area contributed by atoms with Gasteiger partial charge in [-0.05, 0) is 17.7 Å². The topological polar surface area (TPSA) is 61.6 Å². The zero-order chi connectivity index (χ0) is 16.8. The van der Waals surface area contributed by atoms with E-state index < -0.39 is 0 Å². The summed E-state index contributed by atoms with van der Waals surface area (Å²) in [6, 6.07) is 8.22. The van der Waals surface area contributed by atoms with Crippen molar-refractivity contribution in [2.45, 2.75) is 12.6 Å². The van der Waals surface area contributed by atoms with Gasteiger partial charge in [-0.25, -0.2) is 0 Å². The molecular formula is C17H24N4O3. The molecule has 0 amide bonds. The lowest BCUT2D eigenvalue weighted by atomic mass is 10.1. The summed E-state index contributed by atoms with van der Waals surface area (Å²) in [5.74, 6) is 1.75. The Labute approximate surface area is 142 Å². The number of morpholine rings is 1. The molecule has 24 heavy (non-hydrogen) atoms. The molecule has 130 valence electrons. The number of hydrogen-bond acceptors (Lipinski definition) is 6. The van der Waals surface area contributed by atoms with Crippen LogP contribution in [0, 0.1) is 0 Å². The van der Waals surface area contributed by atoms with Gasteiger partial charge in [0.05, 0.1) is 13.2 Å². The van der Waals surface area contributed by atoms with Crippen LogP contribution in [0.5, 0.6) is 5.75 Å². The maximum absolute atomic E-state index is 5.85. The molecule has 1 aromatic heterocycles. The van der Waals surface area contributed by atoms with Crippen molar-refractivity contribution in [1.29, 1.82) is 0 Å². The van der Waals surface area contributed by atoms with Crippen molar-refractivity contribution in [1.82, 2.24) is 19.7 Å². The number of nitrogens with zero attached hydrogens (tertiary/aromatic N) is 4. The molecule has 1 unspecified atom stereocenters. The van der Waals surface area contributed by atoms with Crippen molar-refractivity contribution >= 4 is 0 Å². The minimum atomic E-state index is -0.0251. The maximum atomic E-state index is 5.85. The normalized spacial score (nSPS) is 18.7. The molecule has 7 nitrogen and oxygen atoms in total. The van der Waals surface area contributed by atoms with Crippen LogP contribution in [0.25, 0.3) is 0 Å².